The molecule has 15 heavy (non-hydrogen) atoms. The van der Waals surface area contributed by atoms with E-state index in [2.05, 4.69) is 0 Å². The average molecular weight is 222 g/mol. The van der Waals surface area contributed by atoms with E-state index in [1.807, 2.05) is 0 Å². The number of furan rings is 1. The van der Waals surface area contributed by atoms with Crippen molar-refractivity contribution in [2.75, 3.05) is 5.73 Å². The molecule has 0 aliphatic rings. The molecule has 2 rings (SSSR count). The molecule has 1 aromatic heterocycles. The predicted molar refractivity (Wildman–Crippen MR) is 58.0 cm³/mol. The van der Waals surface area contributed by atoms with Gasteiger partial charge in [0.15, 0.2) is 5.78 Å². The van der Waals surface area contributed by atoms with Crippen LogP contribution in [0.4, 0.5) is 5.69 Å². The summed E-state index contributed by atoms with van der Waals surface area (Å²) in [5.74, 6) is -0.169. The number of ketones is 1. The molecule has 4 heteroatoms. The predicted octanol–water partition coefficient (Wildman–Crippen LogP) is 2.75. The molecule has 1 aromatic carbocycles. The fourth-order valence-corrected chi connectivity index (χ4v) is 1.47. The molecule has 0 fully saturated rings. The van der Waals surface area contributed by atoms with Crippen molar-refractivity contribution in [1.29, 1.82) is 0 Å². The van der Waals surface area contributed by atoms with E-state index in [0.29, 0.717) is 21.8 Å². The second-order valence-electron chi connectivity index (χ2n) is 3.07. The number of benzene rings is 1. The van der Waals surface area contributed by atoms with E-state index >= 15 is 0 Å². The second kappa shape index (κ2) is 3.79. The smallest absolute Gasteiger partial charge is 0.198 e. The number of nitrogens with two attached hydrogens (primary N) is 1. The van der Waals surface area contributed by atoms with Gasteiger partial charge in [-0.05, 0) is 24.3 Å². The number of anilines is 1. The van der Waals surface area contributed by atoms with Gasteiger partial charge in [0.2, 0.25) is 0 Å². The monoisotopic (exact) mass is 221 g/mol. The van der Waals surface area contributed by atoms with Crippen LogP contribution in [0.3, 0.4) is 0 Å². The Morgan fingerprint density at radius 2 is 2.13 bits per heavy atom. The highest BCUT2D eigenvalue weighted by Crippen LogP contribution is 2.21. The van der Waals surface area contributed by atoms with Crippen molar-refractivity contribution in [1.82, 2.24) is 0 Å². The molecule has 0 aliphatic carbocycles. The van der Waals surface area contributed by atoms with Gasteiger partial charge in [-0.3, -0.25) is 4.79 Å². The number of rotatable bonds is 2. The SMILES string of the molecule is Nc1cc(Cl)ccc1C(=O)c1ccoc1. The molecule has 0 atom stereocenters. The number of halogens is 1. The molecule has 2 aromatic rings. The molecule has 0 amide bonds. The van der Waals surface area contributed by atoms with Crippen molar-refractivity contribution in [2.45, 2.75) is 0 Å². The van der Waals surface area contributed by atoms with E-state index in [1.54, 1.807) is 24.3 Å². The molecule has 0 bridgehead atoms. The summed E-state index contributed by atoms with van der Waals surface area (Å²) in [6.07, 6.45) is 2.83. The first kappa shape index (κ1) is 9.80. The van der Waals surface area contributed by atoms with Crippen LogP contribution >= 0.6 is 11.6 Å². The first-order chi connectivity index (χ1) is 7.18. The molecule has 76 valence electrons. The summed E-state index contributed by atoms with van der Waals surface area (Å²) in [4.78, 5) is 11.9. The second-order valence-corrected chi connectivity index (χ2v) is 3.51. The van der Waals surface area contributed by atoms with E-state index in [0.717, 1.165) is 0 Å². The standard InChI is InChI=1S/C11H8ClNO2/c12-8-1-2-9(10(13)5-8)11(14)7-3-4-15-6-7/h1-6H,13H2. The molecule has 1 heterocycles. The normalized spacial score (nSPS) is 10.2. The highest BCUT2D eigenvalue weighted by Gasteiger charge is 2.13. The number of carbonyl (C=O) groups excluding carboxylic acids is 1. The average Bonchev–Trinajstić information content (AvgIpc) is 2.69. The van der Waals surface area contributed by atoms with Crippen molar-refractivity contribution >= 4 is 23.1 Å². The molecule has 3 nitrogen and oxygen atoms in total. The summed E-state index contributed by atoms with van der Waals surface area (Å²) in [5.41, 5.74) is 6.97. The van der Waals surface area contributed by atoms with Crippen LogP contribution in [0.15, 0.2) is 41.2 Å². The molecule has 0 saturated carbocycles. The summed E-state index contributed by atoms with van der Waals surface area (Å²) >= 11 is 5.74. The van der Waals surface area contributed by atoms with Crippen LogP contribution in [0.1, 0.15) is 15.9 Å². The van der Waals surface area contributed by atoms with Gasteiger partial charge in [0.25, 0.3) is 0 Å². The lowest BCUT2D eigenvalue weighted by Crippen LogP contribution is -2.03. The lowest BCUT2D eigenvalue weighted by Gasteiger charge is -2.02. The largest absolute Gasteiger partial charge is 0.472 e. The molecule has 0 aliphatic heterocycles. The van der Waals surface area contributed by atoms with Gasteiger partial charge in [0.1, 0.15) is 6.26 Å². The first-order valence-electron chi connectivity index (χ1n) is 4.30. The Morgan fingerprint density at radius 1 is 1.33 bits per heavy atom. The van der Waals surface area contributed by atoms with Gasteiger partial charge < -0.3 is 10.2 Å². The lowest BCUT2D eigenvalue weighted by molar-refractivity contribution is 0.103. The maximum absolute atomic E-state index is 11.9. The van der Waals surface area contributed by atoms with Gasteiger partial charge in [0.05, 0.1) is 11.8 Å². The van der Waals surface area contributed by atoms with Crippen LogP contribution in [0, 0.1) is 0 Å². The van der Waals surface area contributed by atoms with Crippen molar-refractivity contribution in [3.8, 4) is 0 Å². The quantitative estimate of drug-likeness (QED) is 0.627. The van der Waals surface area contributed by atoms with Gasteiger partial charge in [-0.1, -0.05) is 11.6 Å². The zero-order chi connectivity index (χ0) is 10.8. The molecular formula is C11H8ClNO2. The Bertz CT molecular complexity index is 491. The van der Waals surface area contributed by atoms with Crippen molar-refractivity contribution in [3.63, 3.8) is 0 Å². The zero-order valence-electron chi connectivity index (χ0n) is 7.74. The Morgan fingerprint density at radius 3 is 2.73 bits per heavy atom. The lowest BCUT2D eigenvalue weighted by atomic mass is 10.0. The topological polar surface area (TPSA) is 56.2 Å². The van der Waals surface area contributed by atoms with Crippen LogP contribution in [0.25, 0.3) is 0 Å². The molecule has 0 spiro atoms. The highest BCUT2D eigenvalue weighted by atomic mass is 35.5. The summed E-state index contributed by atoms with van der Waals surface area (Å²) in [6.45, 7) is 0. The highest BCUT2D eigenvalue weighted by molar-refractivity contribution is 6.31. The Balaban J connectivity index is 2.42. The Labute approximate surface area is 91.5 Å². The molecule has 0 saturated heterocycles. The summed E-state index contributed by atoms with van der Waals surface area (Å²) < 4.78 is 4.83. The Kier molecular flexibility index (Phi) is 2.47. The fourth-order valence-electron chi connectivity index (χ4n) is 1.29. The van der Waals surface area contributed by atoms with Gasteiger partial charge in [0, 0.05) is 16.3 Å². The maximum atomic E-state index is 11.9. The van der Waals surface area contributed by atoms with Crippen LogP contribution < -0.4 is 5.73 Å². The van der Waals surface area contributed by atoms with Gasteiger partial charge in [-0.2, -0.15) is 0 Å². The first-order valence-corrected chi connectivity index (χ1v) is 4.68. The minimum absolute atomic E-state index is 0.169. The number of hydrogen-bond donors (Lipinski definition) is 1. The van der Waals surface area contributed by atoms with E-state index in [-0.39, 0.29) is 5.78 Å². The van der Waals surface area contributed by atoms with Crippen LogP contribution in [-0.4, -0.2) is 5.78 Å². The third-order valence-corrected chi connectivity index (χ3v) is 2.28. The van der Waals surface area contributed by atoms with E-state index in [1.165, 1.54) is 12.5 Å². The fraction of sp³-hybridized carbons (Fsp3) is 0. The number of nitrogen functional groups attached to an aromatic ring is 1. The molecule has 0 unspecified atom stereocenters. The van der Waals surface area contributed by atoms with Gasteiger partial charge in [-0.25, -0.2) is 0 Å². The third-order valence-electron chi connectivity index (χ3n) is 2.04. The van der Waals surface area contributed by atoms with Gasteiger partial charge >= 0.3 is 0 Å². The van der Waals surface area contributed by atoms with Gasteiger partial charge in [-0.15, -0.1) is 0 Å². The van der Waals surface area contributed by atoms with Crippen molar-refractivity contribution < 1.29 is 9.21 Å². The third kappa shape index (κ3) is 1.87. The van der Waals surface area contributed by atoms with Crippen LogP contribution in [-0.2, 0) is 0 Å². The van der Waals surface area contributed by atoms with Crippen molar-refractivity contribution in [3.05, 3.63) is 52.9 Å². The number of hydrogen-bond acceptors (Lipinski definition) is 3. The van der Waals surface area contributed by atoms with E-state index < -0.39 is 0 Å². The zero-order valence-corrected chi connectivity index (χ0v) is 8.49. The minimum atomic E-state index is -0.169. The van der Waals surface area contributed by atoms with E-state index in [9.17, 15) is 4.79 Å². The minimum Gasteiger partial charge on any atom is -0.472 e. The van der Waals surface area contributed by atoms with E-state index in [4.69, 9.17) is 21.8 Å². The summed E-state index contributed by atoms with van der Waals surface area (Å²) in [7, 11) is 0. The molecule has 2 N–H and O–H groups in total. The summed E-state index contributed by atoms with van der Waals surface area (Å²) in [5, 5.41) is 0.510. The maximum Gasteiger partial charge on any atom is 0.198 e. The Hall–Kier alpha value is -1.74. The summed E-state index contributed by atoms with van der Waals surface area (Å²) in [6, 6.07) is 6.38. The molecular weight excluding hydrogens is 214 g/mol. The molecule has 0 radical (unpaired) electrons. The van der Waals surface area contributed by atoms with Crippen molar-refractivity contribution in [2.24, 2.45) is 0 Å². The van der Waals surface area contributed by atoms with Crippen LogP contribution in [0.2, 0.25) is 5.02 Å². The number of carbonyl (C=O) groups is 1. The van der Waals surface area contributed by atoms with Crippen LogP contribution in [0.5, 0.6) is 0 Å².